The molecule has 0 aromatic carbocycles. The number of rotatable bonds is 1. The molecule has 0 radical (unpaired) electrons. The van der Waals surface area contributed by atoms with E-state index in [9.17, 15) is 23.1 Å². The second-order valence-corrected chi connectivity index (χ2v) is 9.57. The van der Waals surface area contributed by atoms with E-state index in [0.717, 1.165) is 32.1 Å². The van der Waals surface area contributed by atoms with Gasteiger partial charge in [-0.25, -0.2) is 0 Å². The summed E-state index contributed by atoms with van der Waals surface area (Å²) >= 11 is 0. The number of aliphatic hydroxyl groups excluding tert-OH is 1. The molecule has 0 aliphatic heterocycles. The average Bonchev–Trinajstić information content (AvgIpc) is 2.89. The molecule has 8 atom stereocenters. The predicted molar refractivity (Wildman–Crippen MR) is 92.2 cm³/mol. The molecule has 0 amide bonds. The topological polar surface area (TPSA) is 37.3 Å². The van der Waals surface area contributed by atoms with Crippen molar-refractivity contribution in [1.82, 2.24) is 0 Å². The zero-order valence-corrected chi connectivity index (χ0v) is 15.6. The van der Waals surface area contributed by atoms with Gasteiger partial charge >= 0.3 is 6.18 Å². The number of hydrogen-bond donors (Lipinski definition) is 1. The Morgan fingerprint density at radius 3 is 2.65 bits per heavy atom. The lowest BCUT2D eigenvalue weighted by Crippen LogP contribution is -2.52. The standard InChI is InChI=1S/C21H29F3O2/c1-11-9-12-10-13(25)3-4-14(12)15-7-8-20(2)16(18(11)15)5-6-17(20)19(26)21(22,23)24/h10-11,14-19,26H,3-9H2,1-2H3/t11-,14+,15-,16-,17+,18-,19+,20+/m1/s1. The molecule has 4 aliphatic rings. The molecular formula is C21H29F3O2. The minimum absolute atomic E-state index is 0.233. The zero-order chi connectivity index (χ0) is 18.9. The highest BCUT2D eigenvalue weighted by Gasteiger charge is 2.61. The van der Waals surface area contributed by atoms with Crippen molar-refractivity contribution in [2.75, 3.05) is 0 Å². The quantitative estimate of drug-likeness (QED) is 0.712. The Balaban J connectivity index is 1.63. The van der Waals surface area contributed by atoms with Gasteiger partial charge in [0.15, 0.2) is 11.9 Å². The fraction of sp³-hybridized carbons (Fsp3) is 0.857. The maximum atomic E-state index is 13.2. The average molecular weight is 370 g/mol. The molecule has 2 nitrogen and oxygen atoms in total. The van der Waals surface area contributed by atoms with Gasteiger partial charge < -0.3 is 5.11 Å². The molecule has 3 fully saturated rings. The van der Waals surface area contributed by atoms with Gasteiger partial charge in [0.25, 0.3) is 0 Å². The Morgan fingerprint density at radius 2 is 1.96 bits per heavy atom. The van der Waals surface area contributed by atoms with Crippen molar-refractivity contribution in [2.24, 2.45) is 40.9 Å². The zero-order valence-electron chi connectivity index (χ0n) is 15.6. The number of fused-ring (bicyclic) bond motifs is 5. The van der Waals surface area contributed by atoms with Crippen molar-refractivity contribution in [3.63, 3.8) is 0 Å². The SMILES string of the molecule is C[C@@H]1CC2=CC(=O)CC[C@@H]2[C@H]2CC[C@@]3(C)[C@H](CC[C@H]3[C@H](O)C(F)(F)F)[C@@H]21. The van der Waals surface area contributed by atoms with Gasteiger partial charge in [0.1, 0.15) is 0 Å². The molecule has 0 aromatic heterocycles. The highest BCUT2D eigenvalue weighted by Crippen LogP contribution is 2.65. The van der Waals surface area contributed by atoms with E-state index in [2.05, 4.69) is 6.92 Å². The van der Waals surface area contributed by atoms with Crippen LogP contribution < -0.4 is 0 Å². The summed E-state index contributed by atoms with van der Waals surface area (Å²) in [4.78, 5) is 11.8. The van der Waals surface area contributed by atoms with Crippen LogP contribution in [-0.4, -0.2) is 23.2 Å². The van der Waals surface area contributed by atoms with Gasteiger partial charge in [0, 0.05) is 6.42 Å². The molecule has 0 unspecified atom stereocenters. The normalized spacial score (nSPS) is 46.8. The number of carbonyl (C=O) groups excluding carboxylic acids is 1. The van der Waals surface area contributed by atoms with Crippen LogP contribution in [0.5, 0.6) is 0 Å². The molecule has 4 rings (SSSR count). The fourth-order valence-electron chi connectivity index (χ4n) is 7.38. The number of carbonyl (C=O) groups is 1. The minimum atomic E-state index is -4.53. The monoisotopic (exact) mass is 370 g/mol. The summed E-state index contributed by atoms with van der Waals surface area (Å²) in [6.07, 6.45) is 0.539. The summed E-state index contributed by atoms with van der Waals surface area (Å²) in [6.45, 7) is 4.22. The van der Waals surface area contributed by atoms with Gasteiger partial charge in [-0.15, -0.1) is 0 Å². The van der Waals surface area contributed by atoms with E-state index in [1.54, 1.807) is 0 Å². The Hall–Kier alpha value is -0.840. The lowest BCUT2D eigenvalue weighted by molar-refractivity contribution is -0.233. The Morgan fingerprint density at radius 1 is 1.23 bits per heavy atom. The fourth-order valence-corrected chi connectivity index (χ4v) is 7.38. The molecule has 1 N–H and O–H groups in total. The molecule has 26 heavy (non-hydrogen) atoms. The molecule has 146 valence electrons. The van der Waals surface area contributed by atoms with E-state index in [1.165, 1.54) is 5.57 Å². The highest BCUT2D eigenvalue weighted by atomic mass is 19.4. The maximum absolute atomic E-state index is 13.2. The van der Waals surface area contributed by atoms with Crippen molar-refractivity contribution < 1.29 is 23.1 Å². The number of hydrogen-bond acceptors (Lipinski definition) is 2. The second-order valence-electron chi connectivity index (χ2n) is 9.57. The molecule has 0 aromatic rings. The van der Waals surface area contributed by atoms with Crippen LogP contribution in [0.3, 0.4) is 0 Å². The number of alkyl halides is 3. The van der Waals surface area contributed by atoms with Crippen molar-refractivity contribution in [3.8, 4) is 0 Å². The number of allylic oxidation sites excluding steroid dienone is 1. The first-order valence-electron chi connectivity index (χ1n) is 10.1. The van der Waals surface area contributed by atoms with Crippen molar-refractivity contribution >= 4 is 5.78 Å². The lowest BCUT2D eigenvalue weighted by Gasteiger charge is -2.56. The maximum Gasteiger partial charge on any atom is 0.414 e. The molecule has 0 heterocycles. The second kappa shape index (κ2) is 6.08. The number of halogens is 3. The molecule has 0 bridgehead atoms. The minimum Gasteiger partial charge on any atom is -0.383 e. The van der Waals surface area contributed by atoms with Crippen LogP contribution in [0.25, 0.3) is 0 Å². The van der Waals surface area contributed by atoms with Crippen LogP contribution in [0.15, 0.2) is 11.6 Å². The third-order valence-electron chi connectivity index (χ3n) is 8.43. The lowest BCUT2D eigenvalue weighted by atomic mass is 9.48. The highest BCUT2D eigenvalue weighted by molar-refractivity contribution is 5.91. The van der Waals surface area contributed by atoms with E-state index in [4.69, 9.17) is 0 Å². The Bertz CT molecular complexity index is 625. The molecule has 3 saturated carbocycles. The Labute approximate surface area is 153 Å². The van der Waals surface area contributed by atoms with Gasteiger partial charge in [-0.3, -0.25) is 4.79 Å². The number of ketones is 1. The van der Waals surface area contributed by atoms with Gasteiger partial charge in [-0.05, 0) is 85.5 Å². The van der Waals surface area contributed by atoms with E-state index < -0.39 is 23.6 Å². The molecule has 0 spiro atoms. The third kappa shape index (κ3) is 2.68. The summed E-state index contributed by atoms with van der Waals surface area (Å²) in [5, 5.41) is 10.00. The summed E-state index contributed by atoms with van der Waals surface area (Å²) in [7, 11) is 0. The summed E-state index contributed by atoms with van der Waals surface area (Å²) in [6, 6.07) is 0. The van der Waals surface area contributed by atoms with E-state index in [0.29, 0.717) is 36.5 Å². The van der Waals surface area contributed by atoms with Crippen LogP contribution in [0.1, 0.15) is 58.8 Å². The first kappa shape index (κ1) is 18.5. The third-order valence-corrected chi connectivity index (χ3v) is 8.43. The van der Waals surface area contributed by atoms with Crippen LogP contribution in [0.4, 0.5) is 13.2 Å². The molecular weight excluding hydrogens is 341 g/mol. The smallest absolute Gasteiger partial charge is 0.383 e. The van der Waals surface area contributed by atoms with Crippen LogP contribution in [0, 0.1) is 40.9 Å². The first-order chi connectivity index (χ1) is 12.1. The summed E-state index contributed by atoms with van der Waals surface area (Å²) in [5.41, 5.74) is 0.874. The van der Waals surface area contributed by atoms with Crippen molar-refractivity contribution in [1.29, 1.82) is 0 Å². The van der Waals surface area contributed by atoms with E-state index in [1.807, 2.05) is 13.0 Å². The summed E-state index contributed by atoms with van der Waals surface area (Å²) in [5.74, 6) is 1.59. The largest absolute Gasteiger partial charge is 0.414 e. The molecule has 4 aliphatic carbocycles. The van der Waals surface area contributed by atoms with Crippen LogP contribution >= 0.6 is 0 Å². The van der Waals surface area contributed by atoms with Gasteiger partial charge in [0.05, 0.1) is 0 Å². The van der Waals surface area contributed by atoms with Gasteiger partial charge in [-0.2, -0.15) is 13.2 Å². The van der Waals surface area contributed by atoms with Crippen LogP contribution in [-0.2, 0) is 4.79 Å². The first-order valence-corrected chi connectivity index (χ1v) is 10.1. The van der Waals surface area contributed by atoms with Crippen molar-refractivity contribution in [3.05, 3.63) is 11.6 Å². The van der Waals surface area contributed by atoms with Gasteiger partial charge in [0.2, 0.25) is 0 Å². The van der Waals surface area contributed by atoms with Crippen LogP contribution in [0.2, 0.25) is 0 Å². The summed E-state index contributed by atoms with van der Waals surface area (Å²) < 4.78 is 39.6. The van der Waals surface area contributed by atoms with Gasteiger partial charge in [-0.1, -0.05) is 19.4 Å². The number of aliphatic hydroxyl groups is 1. The molecule has 0 saturated heterocycles. The van der Waals surface area contributed by atoms with E-state index >= 15 is 0 Å². The van der Waals surface area contributed by atoms with Crippen molar-refractivity contribution in [2.45, 2.75) is 71.1 Å². The Kier molecular flexibility index (Phi) is 4.33. The predicted octanol–water partition coefficient (Wildman–Crippen LogP) is 4.91. The van der Waals surface area contributed by atoms with E-state index in [-0.39, 0.29) is 11.7 Å². The molecule has 5 heteroatoms.